The average Bonchev–Trinajstić information content (AvgIpc) is 2.36. The SMILES string of the molecule is CCC.CCC.CCC.CCC(CO)(CO)CO. The Kier molecular flexibility index (Phi) is 37.7. The second-order valence-electron chi connectivity index (χ2n) is 4.45. The highest BCUT2D eigenvalue weighted by Gasteiger charge is 2.24. The minimum absolute atomic E-state index is 0.156. The number of hydrogen-bond acceptors (Lipinski definition) is 3. The Bertz CT molecular complexity index is 79.6. The third kappa shape index (κ3) is 24.9. The van der Waals surface area contributed by atoms with Gasteiger partial charge in [0.05, 0.1) is 19.8 Å². The van der Waals surface area contributed by atoms with Crippen LogP contribution in [-0.2, 0) is 0 Å². The fourth-order valence-electron chi connectivity index (χ4n) is 0.485. The van der Waals surface area contributed by atoms with Crippen molar-refractivity contribution in [1.82, 2.24) is 0 Å². The third-order valence-corrected chi connectivity index (χ3v) is 1.76. The fourth-order valence-corrected chi connectivity index (χ4v) is 0.485. The van der Waals surface area contributed by atoms with Crippen LogP contribution in [0.2, 0.25) is 0 Å². The van der Waals surface area contributed by atoms with Gasteiger partial charge in [-0.15, -0.1) is 0 Å². The summed E-state index contributed by atoms with van der Waals surface area (Å²) in [6, 6.07) is 0. The Hall–Kier alpha value is -0.120. The molecule has 3 nitrogen and oxygen atoms in total. The maximum Gasteiger partial charge on any atom is 0.0531 e. The zero-order valence-electron chi connectivity index (χ0n) is 13.8. The van der Waals surface area contributed by atoms with E-state index in [9.17, 15) is 0 Å². The van der Waals surface area contributed by atoms with Crippen LogP contribution in [0.3, 0.4) is 0 Å². The molecule has 0 bridgehead atoms. The van der Waals surface area contributed by atoms with Crippen molar-refractivity contribution in [3.63, 3.8) is 0 Å². The van der Waals surface area contributed by atoms with Crippen LogP contribution in [0.25, 0.3) is 0 Å². The molecule has 0 aromatic rings. The second-order valence-corrected chi connectivity index (χ2v) is 4.45. The first-order chi connectivity index (χ1) is 8.49. The first-order valence-electron chi connectivity index (χ1n) is 7.31. The van der Waals surface area contributed by atoms with Crippen LogP contribution >= 0.6 is 0 Å². The zero-order valence-corrected chi connectivity index (χ0v) is 13.8. The minimum Gasteiger partial charge on any atom is -0.396 e. The maximum absolute atomic E-state index is 8.66. The van der Waals surface area contributed by atoms with Crippen molar-refractivity contribution in [3.8, 4) is 0 Å². The molecule has 0 aliphatic rings. The molecule has 0 fully saturated rings. The Morgan fingerprint density at radius 3 is 0.722 bits per heavy atom. The van der Waals surface area contributed by atoms with E-state index in [-0.39, 0.29) is 19.8 Å². The van der Waals surface area contributed by atoms with Gasteiger partial charge < -0.3 is 15.3 Å². The smallest absolute Gasteiger partial charge is 0.0531 e. The van der Waals surface area contributed by atoms with E-state index in [1.807, 2.05) is 6.92 Å². The third-order valence-electron chi connectivity index (χ3n) is 1.76. The molecule has 0 unspecified atom stereocenters. The summed E-state index contributed by atoms with van der Waals surface area (Å²) in [7, 11) is 0. The van der Waals surface area contributed by atoms with Gasteiger partial charge in [0.1, 0.15) is 0 Å². The summed E-state index contributed by atoms with van der Waals surface area (Å²) in [6.45, 7) is 14.1. The van der Waals surface area contributed by atoms with Crippen molar-refractivity contribution in [1.29, 1.82) is 0 Å². The quantitative estimate of drug-likeness (QED) is 0.728. The highest BCUT2D eigenvalue weighted by Crippen LogP contribution is 2.18. The Labute approximate surface area is 115 Å². The van der Waals surface area contributed by atoms with Gasteiger partial charge in [-0.25, -0.2) is 0 Å². The molecule has 0 amide bonds. The van der Waals surface area contributed by atoms with Gasteiger partial charge in [-0.3, -0.25) is 0 Å². The van der Waals surface area contributed by atoms with Gasteiger partial charge in [-0.2, -0.15) is 0 Å². The lowest BCUT2D eigenvalue weighted by Crippen LogP contribution is -2.32. The largest absolute Gasteiger partial charge is 0.396 e. The van der Waals surface area contributed by atoms with E-state index in [0.29, 0.717) is 6.42 Å². The van der Waals surface area contributed by atoms with Gasteiger partial charge in [0.15, 0.2) is 0 Å². The minimum atomic E-state index is -0.667. The van der Waals surface area contributed by atoms with Gasteiger partial charge in [0.25, 0.3) is 0 Å². The van der Waals surface area contributed by atoms with Crippen LogP contribution in [0, 0.1) is 5.41 Å². The molecular formula is C15H38O3. The molecule has 0 aromatic carbocycles. The van der Waals surface area contributed by atoms with E-state index in [2.05, 4.69) is 41.5 Å². The van der Waals surface area contributed by atoms with Gasteiger partial charge in [0.2, 0.25) is 0 Å². The number of aliphatic hydroxyl groups excluding tert-OH is 3. The van der Waals surface area contributed by atoms with E-state index in [4.69, 9.17) is 15.3 Å². The normalized spacial score (nSPS) is 9.00. The van der Waals surface area contributed by atoms with Crippen LogP contribution in [0.1, 0.15) is 74.1 Å². The first-order valence-corrected chi connectivity index (χ1v) is 7.31. The zero-order chi connectivity index (χ0) is 15.4. The first kappa shape index (κ1) is 26.4. The molecule has 0 rings (SSSR count). The van der Waals surface area contributed by atoms with Crippen LogP contribution < -0.4 is 0 Å². The van der Waals surface area contributed by atoms with Crippen molar-refractivity contribution in [2.24, 2.45) is 5.41 Å². The number of aliphatic hydroxyl groups is 3. The molecule has 3 heteroatoms. The van der Waals surface area contributed by atoms with Crippen LogP contribution in [-0.4, -0.2) is 35.1 Å². The summed E-state index contributed by atoms with van der Waals surface area (Å²) in [5.41, 5.74) is -0.667. The standard InChI is InChI=1S/C6H14O3.3C3H8/c1-2-6(3-7,4-8)5-9;3*1-3-2/h7-9H,2-5H2,1H3;3*3H2,1-2H3. The molecule has 0 aliphatic carbocycles. The number of rotatable bonds is 4. The molecule has 0 saturated carbocycles. The highest BCUT2D eigenvalue weighted by molar-refractivity contribution is 4.74. The predicted octanol–water partition coefficient (Wildman–Crippen LogP) is 3.61. The van der Waals surface area contributed by atoms with Gasteiger partial charge >= 0.3 is 0 Å². The predicted molar refractivity (Wildman–Crippen MR) is 81.9 cm³/mol. The lowest BCUT2D eigenvalue weighted by Gasteiger charge is -2.24. The average molecular weight is 266 g/mol. The lowest BCUT2D eigenvalue weighted by molar-refractivity contribution is 0.00304. The molecule has 0 aromatic heterocycles. The lowest BCUT2D eigenvalue weighted by atomic mass is 9.88. The molecular weight excluding hydrogens is 228 g/mol. The molecule has 3 N–H and O–H groups in total. The van der Waals surface area contributed by atoms with Crippen LogP contribution in [0.5, 0.6) is 0 Å². The Morgan fingerprint density at radius 2 is 0.722 bits per heavy atom. The summed E-state index contributed by atoms with van der Waals surface area (Å²) >= 11 is 0. The monoisotopic (exact) mass is 266 g/mol. The fraction of sp³-hybridized carbons (Fsp3) is 1.00. The summed E-state index contributed by atoms with van der Waals surface area (Å²) in [6.07, 6.45) is 4.34. The second kappa shape index (κ2) is 25.7. The van der Waals surface area contributed by atoms with E-state index in [1.165, 1.54) is 19.3 Å². The van der Waals surface area contributed by atoms with E-state index in [1.54, 1.807) is 0 Å². The van der Waals surface area contributed by atoms with Crippen molar-refractivity contribution >= 4 is 0 Å². The molecule has 18 heavy (non-hydrogen) atoms. The molecule has 0 spiro atoms. The molecule has 0 saturated heterocycles. The van der Waals surface area contributed by atoms with E-state index >= 15 is 0 Å². The maximum atomic E-state index is 8.66. The number of hydrogen-bond donors (Lipinski definition) is 3. The molecule has 116 valence electrons. The highest BCUT2D eigenvalue weighted by atomic mass is 16.3. The van der Waals surface area contributed by atoms with Crippen molar-refractivity contribution in [3.05, 3.63) is 0 Å². The molecule has 0 heterocycles. The van der Waals surface area contributed by atoms with E-state index in [0.717, 1.165) is 0 Å². The molecule has 0 atom stereocenters. The Morgan fingerprint density at radius 1 is 0.556 bits per heavy atom. The summed E-state index contributed by atoms with van der Waals surface area (Å²) in [4.78, 5) is 0. The summed E-state index contributed by atoms with van der Waals surface area (Å²) in [5, 5.41) is 26.0. The molecule has 0 radical (unpaired) electrons. The van der Waals surface area contributed by atoms with Gasteiger partial charge in [0, 0.05) is 5.41 Å². The van der Waals surface area contributed by atoms with Gasteiger partial charge in [-0.1, -0.05) is 67.7 Å². The Balaban J connectivity index is -0.0000000902. The van der Waals surface area contributed by atoms with Crippen molar-refractivity contribution < 1.29 is 15.3 Å². The summed E-state index contributed by atoms with van der Waals surface area (Å²) < 4.78 is 0. The van der Waals surface area contributed by atoms with Crippen LogP contribution in [0.15, 0.2) is 0 Å². The summed E-state index contributed by atoms with van der Waals surface area (Å²) in [5.74, 6) is 0. The van der Waals surface area contributed by atoms with Gasteiger partial charge in [-0.05, 0) is 6.42 Å². The molecule has 0 aliphatic heterocycles. The van der Waals surface area contributed by atoms with Crippen molar-refractivity contribution in [2.75, 3.05) is 19.8 Å². The van der Waals surface area contributed by atoms with E-state index < -0.39 is 5.41 Å². The topological polar surface area (TPSA) is 60.7 Å². The van der Waals surface area contributed by atoms with Crippen molar-refractivity contribution in [2.45, 2.75) is 74.1 Å². The van der Waals surface area contributed by atoms with Crippen LogP contribution in [0.4, 0.5) is 0 Å².